The Hall–Kier alpha value is -3.19. The molecule has 29 heavy (non-hydrogen) atoms. The van der Waals surface area contributed by atoms with Crippen LogP contribution in [-0.2, 0) is 19.1 Å². The summed E-state index contributed by atoms with van der Waals surface area (Å²) in [7, 11) is 0. The third-order valence-corrected chi connectivity index (χ3v) is 4.83. The molecule has 1 heterocycles. The van der Waals surface area contributed by atoms with Crippen LogP contribution in [0.25, 0.3) is 16.8 Å². The van der Waals surface area contributed by atoms with Gasteiger partial charge in [0.15, 0.2) is 0 Å². The molecule has 152 valence electrons. The third-order valence-electron chi connectivity index (χ3n) is 4.83. The Labute approximate surface area is 168 Å². The van der Waals surface area contributed by atoms with E-state index in [1.54, 1.807) is 11.0 Å². The van der Waals surface area contributed by atoms with Crippen molar-refractivity contribution in [2.24, 2.45) is 0 Å². The quantitative estimate of drug-likeness (QED) is 0.699. The van der Waals surface area contributed by atoms with Gasteiger partial charge >= 0.3 is 5.97 Å². The van der Waals surface area contributed by atoms with Gasteiger partial charge in [-0.15, -0.1) is 0 Å². The highest BCUT2D eigenvalue weighted by Crippen LogP contribution is 2.16. The summed E-state index contributed by atoms with van der Waals surface area (Å²) in [4.78, 5) is 37.5. The van der Waals surface area contributed by atoms with E-state index in [0.29, 0.717) is 26.3 Å². The zero-order valence-electron chi connectivity index (χ0n) is 16.0. The van der Waals surface area contributed by atoms with Gasteiger partial charge in [-0.2, -0.15) is 0 Å². The molecule has 2 amide bonds. The molecule has 0 aliphatic carbocycles. The average molecular weight is 396 g/mol. The molecule has 1 atom stereocenters. The average Bonchev–Trinajstić information content (AvgIpc) is 2.75. The second kappa shape index (κ2) is 9.84. The molecule has 1 unspecified atom stereocenters. The lowest BCUT2D eigenvalue weighted by Crippen LogP contribution is -2.43. The first-order valence-corrected chi connectivity index (χ1v) is 9.58. The Bertz CT molecular complexity index is 918. The molecule has 2 aromatic carbocycles. The summed E-state index contributed by atoms with van der Waals surface area (Å²) in [6.07, 6.45) is 3.05. The highest BCUT2D eigenvalue weighted by atomic mass is 16.5. The minimum Gasteiger partial charge on any atom is -0.480 e. The molecule has 1 fully saturated rings. The summed E-state index contributed by atoms with van der Waals surface area (Å²) >= 11 is 0. The number of hydrogen-bond donors (Lipinski definition) is 2. The maximum atomic E-state index is 12.2. The fraction of sp³-hybridized carbons (Fsp3) is 0.318. The number of aliphatic carboxylic acids is 1. The Morgan fingerprint density at radius 1 is 1.10 bits per heavy atom. The topological polar surface area (TPSA) is 95.9 Å². The number of nitrogens with zero attached hydrogens (tertiary/aromatic N) is 1. The van der Waals surface area contributed by atoms with Crippen LogP contribution in [0.15, 0.2) is 48.5 Å². The number of carboxylic acids is 1. The highest BCUT2D eigenvalue weighted by Gasteiger charge is 2.23. The van der Waals surface area contributed by atoms with E-state index >= 15 is 0 Å². The van der Waals surface area contributed by atoms with Gasteiger partial charge in [-0.05, 0) is 34.9 Å². The van der Waals surface area contributed by atoms with Gasteiger partial charge in [0.2, 0.25) is 11.8 Å². The molecule has 1 aliphatic heterocycles. The Morgan fingerprint density at radius 2 is 1.83 bits per heavy atom. The van der Waals surface area contributed by atoms with Gasteiger partial charge in [-0.3, -0.25) is 9.59 Å². The second-order valence-corrected chi connectivity index (χ2v) is 6.87. The predicted octanol–water partition coefficient (Wildman–Crippen LogP) is 2.06. The molecular weight excluding hydrogens is 372 g/mol. The van der Waals surface area contributed by atoms with Gasteiger partial charge < -0.3 is 20.1 Å². The minimum absolute atomic E-state index is 0.0427. The molecule has 3 rings (SSSR count). The normalized spacial score (nSPS) is 15.4. The number of carbonyl (C=O) groups is 3. The van der Waals surface area contributed by atoms with E-state index in [4.69, 9.17) is 4.74 Å². The van der Waals surface area contributed by atoms with Gasteiger partial charge in [-0.1, -0.05) is 36.4 Å². The molecule has 0 bridgehead atoms. The summed E-state index contributed by atoms with van der Waals surface area (Å²) in [6.45, 7) is 2.00. The van der Waals surface area contributed by atoms with E-state index in [0.717, 1.165) is 16.3 Å². The van der Waals surface area contributed by atoms with Crippen molar-refractivity contribution in [1.82, 2.24) is 10.2 Å². The summed E-state index contributed by atoms with van der Waals surface area (Å²) in [5, 5.41) is 14.0. The molecule has 0 aromatic heterocycles. The van der Waals surface area contributed by atoms with E-state index in [1.807, 2.05) is 42.5 Å². The smallest absolute Gasteiger partial charge is 0.326 e. The highest BCUT2D eigenvalue weighted by molar-refractivity contribution is 5.95. The van der Waals surface area contributed by atoms with Crippen LogP contribution in [0.3, 0.4) is 0 Å². The first-order chi connectivity index (χ1) is 14.0. The zero-order valence-corrected chi connectivity index (χ0v) is 16.0. The number of rotatable bonds is 7. The van der Waals surface area contributed by atoms with Crippen LogP contribution in [0.1, 0.15) is 18.4 Å². The maximum absolute atomic E-state index is 12.2. The van der Waals surface area contributed by atoms with Crippen molar-refractivity contribution in [2.45, 2.75) is 18.9 Å². The Morgan fingerprint density at radius 3 is 2.55 bits per heavy atom. The number of fused-ring (bicyclic) bond motifs is 1. The number of ether oxygens (including phenoxy) is 1. The lowest BCUT2D eigenvalue weighted by atomic mass is 10.1. The molecule has 2 N–H and O–H groups in total. The first-order valence-electron chi connectivity index (χ1n) is 9.58. The monoisotopic (exact) mass is 396 g/mol. The van der Waals surface area contributed by atoms with Gasteiger partial charge in [0.1, 0.15) is 6.04 Å². The number of amides is 2. The largest absolute Gasteiger partial charge is 0.480 e. The zero-order chi connectivity index (χ0) is 20.6. The predicted molar refractivity (Wildman–Crippen MR) is 109 cm³/mol. The minimum atomic E-state index is -1.16. The molecule has 7 heteroatoms. The summed E-state index contributed by atoms with van der Waals surface area (Å²) < 4.78 is 5.20. The van der Waals surface area contributed by atoms with Crippen LogP contribution in [-0.4, -0.2) is 60.1 Å². The molecule has 1 saturated heterocycles. The van der Waals surface area contributed by atoms with Crippen molar-refractivity contribution in [3.05, 3.63) is 54.1 Å². The Balaban J connectivity index is 1.54. The van der Waals surface area contributed by atoms with Crippen LogP contribution >= 0.6 is 0 Å². The van der Waals surface area contributed by atoms with Gasteiger partial charge in [-0.25, -0.2) is 4.79 Å². The second-order valence-electron chi connectivity index (χ2n) is 6.87. The fourth-order valence-corrected chi connectivity index (χ4v) is 3.20. The van der Waals surface area contributed by atoms with E-state index in [2.05, 4.69) is 5.32 Å². The molecule has 0 spiro atoms. The van der Waals surface area contributed by atoms with Crippen LogP contribution in [0, 0.1) is 0 Å². The van der Waals surface area contributed by atoms with Crippen molar-refractivity contribution in [2.75, 3.05) is 26.3 Å². The SMILES string of the molecule is O=C(/C=C/c1ccc2ccccc2c1)NC(CCC(=O)N1CCOCC1)C(=O)O. The Kier molecular flexibility index (Phi) is 6.97. The van der Waals surface area contributed by atoms with Crippen LogP contribution in [0.2, 0.25) is 0 Å². The van der Waals surface area contributed by atoms with Gasteiger partial charge in [0.05, 0.1) is 13.2 Å². The number of carbonyl (C=O) groups excluding carboxylic acids is 2. The number of benzene rings is 2. The van der Waals surface area contributed by atoms with E-state index in [9.17, 15) is 19.5 Å². The molecule has 2 aromatic rings. The summed E-state index contributed by atoms with van der Waals surface area (Å²) in [6, 6.07) is 12.6. The molecule has 0 radical (unpaired) electrons. The van der Waals surface area contributed by atoms with Crippen molar-refractivity contribution < 1.29 is 24.2 Å². The molecule has 0 saturated carbocycles. The standard InChI is InChI=1S/C22H24N2O5/c25-20(9-6-16-5-7-17-3-1-2-4-18(17)15-16)23-19(22(27)28)8-10-21(26)24-11-13-29-14-12-24/h1-7,9,15,19H,8,10-14H2,(H,23,25)(H,27,28)/b9-6+. The number of morpholine rings is 1. The van der Waals surface area contributed by atoms with Crippen LogP contribution in [0.4, 0.5) is 0 Å². The fourth-order valence-electron chi connectivity index (χ4n) is 3.20. The summed E-state index contributed by atoms with van der Waals surface area (Å²) in [5.41, 5.74) is 0.841. The van der Waals surface area contributed by atoms with Crippen LogP contribution in [0.5, 0.6) is 0 Å². The molecule has 7 nitrogen and oxygen atoms in total. The maximum Gasteiger partial charge on any atom is 0.326 e. The van der Waals surface area contributed by atoms with Crippen molar-refractivity contribution in [1.29, 1.82) is 0 Å². The number of hydrogen-bond acceptors (Lipinski definition) is 4. The lowest BCUT2D eigenvalue weighted by Gasteiger charge is -2.27. The van der Waals surface area contributed by atoms with Crippen LogP contribution < -0.4 is 5.32 Å². The third kappa shape index (κ3) is 5.89. The first kappa shape index (κ1) is 20.5. The van der Waals surface area contributed by atoms with Crippen molar-refractivity contribution in [3.63, 3.8) is 0 Å². The number of nitrogens with one attached hydrogen (secondary N) is 1. The van der Waals surface area contributed by atoms with Gasteiger partial charge in [0.25, 0.3) is 0 Å². The van der Waals surface area contributed by atoms with Gasteiger partial charge in [0, 0.05) is 25.6 Å². The van der Waals surface area contributed by atoms with Crippen molar-refractivity contribution in [3.8, 4) is 0 Å². The van der Waals surface area contributed by atoms with E-state index in [-0.39, 0.29) is 18.7 Å². The lowest BCUT2D eigenvalue weighted by molar-refractivity contribution is -0.142. The molecular formula is C22H24N2O5. The molecule has 1 aliphatic rings. The van der Waals surface area contributed by atoms with Crippen molar-refractivity contribution >= 4 is 34.6 Å². The summed E-state index contributed by atoms with van der Waals surface area (Å²) in [5.74, 6) is -1.79. The van der Waals surface area contributed by atoms with E-state index in [1.165, 1.54) is 6.08 Å². The van der Waals surface area contributed by atoms with E-state index < -0.39 is 17.9 Å². The number of carboxylic acid groups (broad SMARTS) is 1.